The van der Waals surface area contributed by atoms with E-state index in [1.54, 1.807) is 0 Å². The summed E-state index contributed by atoms with van der Waals surface area (Å²) in [4.78, 5) is 15.5. The van der Waals surface area contributed by atoms with Gasteiger partial charge in [-0.05, 0) is 30.2 Å². The smallest absolute Gasteiger partial charge is 0.317 e. The van der Waals surface area contributed by atoms with Gasteiger partial charge in [0.2, 0.25) is 0 Å². The molecule has 0 radical (unpaired) electrons. The minimum absolute atomic E-state index is 0.0852. The third-order valence-corrected chi connectivity index (χ3v) is 4.97. The molecule has 2 aromatic carbocycles. The molecule has 0 aromatic heterocycles. The van der Waals surface area contributed by atoms with Gasteiger partial charge in [-0.1, -0.05) is 42.5 Å². The fraction of sp³-hybridized carbons (Fsp3) is 0.333. The van der Waals surface area contributed by atoms with Crippen LogP contribution in [0.3, 0.4) is 0 Å². The number of rotatable bonds is 5. The molecule has 0 aliphatic carbocycles. The van der Waals surface area contributed by atoms with Crippen molar-refractivity contribution in [1.29, 1.82) is 5.26 Å². The molecule has 2 aromatic rings. The number of carboxylic acid groups (broad SMARTS) is 1. The molecule has 1 aliphatic heterocycles. The van der Waals surface area contributed by atoms with Gasteiger partial charge in [0, 0.05) is 25.7 Å². The first-order valence-corrected chi connectivity index (χ1v) is 8.83. The molecule has 1 N–H and O–H groups in total. The molecule has 1 unspecified atom stereocenters. The predicted molar refractivity (Wildman–Crippen MR) is 99.7 cm³/mol. The van der Waals surface area contributed by atoms with Crippen molar-refractivity contribution in [2.45, 2.75) is 19.0 Å². The zero-order valence-electron chi connectivity index (χ0n) is 14.9. The molecule has 0 saturated carbocycles. The Morgan fingerprint density at radius 3 is 2.38 bits per heavy atom. The predicted octanol–water partition coefficient (Wildman–Crippen LogP) is 2.74. The van der Waals surface area contributed by atoms with Crippen molar-refractivity contribution in [1.82, 2.24) is 9.80 Å². The number of piperazine rings is 1. The van der Waals surface area contributed by atoms with Crippen LogP contribution in [0.5, 0.6) is 0 Å². The van der Waals surface area contributed by atoms with Crippen LogP contribution in [-0.2, 0) is 4.79 Å². The van der Waals surface area contributed by atoms with Gasteiger partial charge in [0.15, 0.2) is 0 Å². The van der Waals surface area contributed by atoms with E-state index in [9.17, 15) is 4.79 Å². The van der Waals surface area contributed by atoms with Crippen LogP contribution in [0.1, 0.15) is 29.7 Å². The van der Waals surface area contributed by atoms with Crippen molar-refractivity contribution >= 4 is 5.97 Å². The quantitative estimate of drug-likeness (QED) is 0.899. The monoisotopic (exact) mass is 349 g/mol. The van der Waals surface area contributed by atoms with Crippen LogP contribution in [0, 0.1) is 11.3 Å². The number of hydrogen-bond donors (Lipinski definition) is 1. The molecule has 3 rings (SSSR count). The Balaban J connectivity index is 1.87. The third-order valence-electron chi connectivity index (χ3n) is 4.97. The Kier molecular flexibility index (Phi) is 5.67. The minimum atomic E-state index is -0.781. The topological polar surface area (TPSA) is 67.6 Å². The largest absolute Gasteiger partial charge is 0.480 e. The number of benzene rings is 2. The minimum Gasteiger partial charge on any atom is -0.480 e. The van der Waals surface area contributed by atoms with Gasteiger partial charge in [0.05, 0.1) is 24.2 Å². The molecule has 0 amide bonds. The van der Waals surface area contributed by atoms with Crippen LogP contribution in [-0.4, -0.2) is 53.1 Å². The van der Waals surface area contributed by atoms with Crippen LogP contribution < -0.4 is 0 Å². The zero-order chi connectivity index (χ0) is 18.5. The molecule has 1 saturated heterocycles. The van der Waals surface area contributed by atoms with Crippen LogP contribution in [0.4, 0.5) is 0 Å². The lowest BCUT2D eigenvalue weighted by Crippen LogP contribution is -2.54. The molecule has 26 heavy (non-hydrogen) atoms. The van der Waals surface area contributed by atoms with Gasteiger partial charge in [-0.15, -0.1) is 0 Å². The van der Waals surface area contributed by atoms with Gasteiger partial charge in [0.25, 0.3) is 0 Å². The van der Waals surface area contributed by atoms with E-state index in [4.69, 9.17) is 10.4 Å². The SMILES string of the molecule is CC1CN([C@H](c2ccccc2)c2ccc(C#N)cc2)CCN1CC(=O)O. The summed E-state index contributed by atoms with van der Waals surface area (Å²) < 4.78 is 0. The third kappa shape index (κ3) is 4.10. The van der Waals surface area contributed by atoms with E-state index in [1.165, 1.54) is 5.56 Å². The highest BCUT2D eigenvalue weighted by Gasteiger charge is 2.30. The first-order valence-electron chi connectivity index (χ1n) is 8.83. The number of hydrogen-bond acceptors (Lipinski definition) is 4. The highest BCUT2D eigenvalue weighted by atomic mass is 16.4. The number of carboxylic acids is 1. The molecule has 134 valence electrons. The standard InChI is InChI=1S/C21H23N3O2/c1-16-14-24(12-11-23(16)15-20(25)26)21(18-5-3-2-4-6-18)19-9-7-17(13-22)8-10-19/h2-10,16,21H,11-12,14-15H2,1H3,(H,25,26)/t16?,21-/m1/s1. The van der Waals surface area contributed by atoms with E-state index in [2.05, 4.69) is 30.0 Å². The van der Waals surface area contributed by atoms with Crippen molar-refractivity contribution in [3.63, 3.8) is 0 Å². The molecule has 0 bridgehead atoms. The number of nitrogens with zero attached hydrogens (tertiary/aromatic N) is 3. The summed E-state index contributed by atoms with van der Waals surface area (Å²) in [6.45, 7) is 4.49. The zero-order valence-corrected chi connectivity index (χ0v) is 14.9. The summed E-state index contributed by atoms with van der Waals surface area (Å²) in [5.74, 6) is -0.781. The fourth-order valence-corrected chi connectivity index (χ4v) is 3.66. The second-order valence-corrected chi connectivity index (χ2v) is 6.76. The maximum Gasteiger partial charge on any atom is 0.317 e. The van der Waals surface area contributed by atoms with Crippen LogP contribution >= 0.6 is 0 Å². The average Bonchev–Trinajstić information content (AvgIpc) is 2.65. The van der Waals surface area contributed by atoms with Gasteiger partial charge in [-0.3, -0.25) is 14.6 Å². The van der Waals surface area contributed by atoms with E-state index >= 15 is 0 Å². The molecule has 2 atom stereocenters. The highest BCUT2D eigenvalue weighted by molar-refractivity contribution is 5.69. The molecular formula is C21H23N3O2. The lowest BCUT2D eigenvalue weighted by Gasteiger charge is -2.43. The lowest BCUT2D eigenvalue weighted by molar-refractivity contribution is -0.139. The molecule has 5 heteroatoms. The van der Waals surface area contributed by atoms with E-state index < -0.39 is 5.97 Å². The Labute approximate surface area is 154 Å². The Morgan fingerprint density at radius 2 is 1.81 bits per heavy atom. The highest BCUT2D eigenvalue weighted by Crippen LogP contribution is 2.30. The Hall–Kier alpha value is -2.68. The van der Waals surface area contributed by atoms with Crippen molar-refractivity contribution < 1.29 is 9.90 Å². The maximum atomic E-state index is 11.1. The van der Waals surface area contributed by atoms with Gasteiger partial charge in [0.1, 0.15) is 0 Å². The second kappa shape index (κ2) is 8.13. The maximum absolute atomic E-state index is 11.1. The van der Waals surface area contributed by atoms with Gasteiger partial charge >= 0.3 is 5.97 Å². The van der Waals surface area contributed by atoms with E-state index in [0.29, 0.717) is 5.56 Å². The van der Waals surface area contributed by atoms with Crippen molar-refractivity contribution in [3.8, 4) is 6.07 Å². The number of carbonyl (C=O) groups is 1. The molecule has 1 aliphatic rings. The summed E-state index contributed by atoms with van der Waals surface area (Å²) >= 11 is 0. The van der Waals surface area contributed by atoms with Crippen molar-refractivity contribution in [3.05, 3.63) is 71.3 Å². The Bertz CT molecular complexity index is 783. The van der Waals surface area contributed by atoms with Crippen LogP contribution in [0.15, 0.2) is 54.6 Å². The lowest BCUT2D eigenvalue weighted by atomic mass is 9.95. The number of nitriles is 1. The molecule has 0 spiro atoms. The summed E-state index contributed by atoms with van der Waals surface area (Å²) in [7, 11) is 0. The van der Waals surface area contributed by atoms with Crippen LogP contribution in [0.2, 0.25) is 0 Å². The normalized spacial score (nSPS) is 19.6. The summed E-state index contributed by atoms with van der Waals surface area (Å²) in [6, 6.07) is 20.5. The molecular weight excluding hydrogens is 326 g/mol. The van der Waals surface area contributed by atoms with E-state index in [0.717, 1.165) is 25.2 Å². The molecule has 5 nitrogen and oxygen atoms in total. The molecule has 1 fully saturated rings. The van der Waals surface area contributed by atoms with E-state index in [-0.39, 0.29) is 18.6 Å². The van der Waals surface area contributed by atoms with Crippen molar-refractivity contribution in [2.75, 3.05) is 26.2 Å². The van der Waals surface area contributed by atoms with Crippen LogP contribution in [0.25, 0.3) is 0 Å². The van der Waals surface area contributed by atoms with E-state index in [1.807, 2.05) is 47.4 Å². The van der Waals surface area contributed by atoms with Gasteiger partial charge in [-0.25, -0.2) is 0 Å². The first kappa shape index (κ1) is 18.1. The Morgan fingerprint density at radius 1 is 1.15 bits per heavy atom. The first-order chi connectivity index (χ1) is 12.6. The summed E-state index contributed by atoms with van der Waals surface area (Å²) in [6.07, 6.45) is 0. The van der Waals surface area contributed by atoms with Gasteiger partial charge < -0.3 is 5.11 Å². The second-order valence-electron chi connectivity index (χ2n) is 6.76. The summed E-state index contributed by atoms with van der Waals surface area (Å²) in [5.41, 5.74) is 3.00. The average molecular weight is 349 g/mol. The van der Waals surface area contributed by atoms with Gasteiger partial charge in [-0.2, -0.15) is 5.26 Å². The number of aliphatic carboxylic acids is 1. The fourth-order valence-electron chi connectivity index (χ4n) is 3.66. The molecule has 1 heterocycles. The van der Waals surface area contributed by atoms with Crippen molar-refractivity contribution in [2.24, 2.45) is 0 Å². The summed E-state index contributed by atoms with van der Waals surface area (Å²) in [5, 5.41) is 18.1.